The molecule has 0 aromatic carbocycles. The van der Waals surface area contributed by atoms with Crippen LogP contribution in [-0.2, 0) is 6.54 Å². The number of nitrogens with zero attached hydrogens (tertiary/aromatic N) is 5. The van der Waals surface area contributed by atoms with Crippen LogP contribution in [0.2, 0.25) is 0 Å². The largest absolute Gasteiger partial charge is 0.331 e. The molecule has 6 heteroatoms. The Labute approximate surface area is 115 Å². The average Bonchev–Trinajstić information content (AvgIpc) is 2.91. The third-order valence-corrected chi connectivity index (χ3v) is 3.21. The highest BCUT2D eigenvalue weighted by atomic mass is 16.1. The third-order valence-electron chi connectivity index (χ3n) is 3.21. The minimum atomic E-state index is -0.0959. The van der Waals surface area contributed by atoms with Gasteiger partial charge >= 0.3 is 0 Å². The van der Waals surface area contributed by atoms with Gasteiger partial charge in [0.2, 0.25) is 0 Å². The van der Waals surface area contributed by atoms with Crippen LogP contribution in [-0.4, -0.2) is 24.1 Å². The van der Waals surface area contributed by atoms with Crippen molar-refractivity contribution in [2.75, 3.05) is 0 Å². The van der Waals surface area contributed by atoms with E-state index in [2.05, 4.69) is 28.8 Å². The Balaban J connectivity index is 2.05. The fraction of sp³-hybridized carbons (Fsp3) is 0.286. The van der Waals surface area contributed by atoms with Crippen molar-refractivity contribution < 1.29 is 0 Å². The van der Waals surface area contributed by atoms with Crippen LogP contribution in [0, 0.1) is 0 Å². The van der Waals surface area contributed by atoms with Crippen molar-refractivity contribution in [3.05, 3.63) is 53.2 Å². The molecule has 0 aliphatic heterocycles. The van der Waals surface area contributed by atoms with Gasteiger partial charge in [-0.2, -0.15) is 0 Å². The molecule has 0 saturated carbocycles. The third kappa shape index (κ3) is 2.09. The molecule has 102 valence electrons. The summed E-state index contributed by atoms with van der Waals surface area (Å²) < 4.78 is 3.60. The van der Waals surface area contributed by atoms with Crippen molar-refractivity contribution >= 4 is 11.0 Å². The zero-order chi connectivity index (χ0) is 14.1. The molecule has 3 heterocycles. The first-order valence-electron chi connectivity index (χ1n) is 6.48. The molecule has 0 unspecified atom stereocenters. The number of rotatable bonds is 3. The first kappa shape index (κ1) is 12.5. The molecule has 3 aromatic heterocycles. The molecule has 0 aliphatic rings. The van der Waals surface area contributed by atoms with E-state index < -0.39 is 0 Å². The summed E-state index contributed by atoms with van der Waals surface area (Å²) in [6, 6.07) is 3.78. The van der Waals surface area contributed by atoms with E-state index >= 15 is 0 Å². The highest BCUT2D eigenvalue weighted by molar-refractivity contribution is 5.72. The van der Waals surface area contributed by atoms with Gasteiger partial charge in [-0.3, -0.25) is 9.36 Å². The Hall–Kier alpha value is -2.50. The first-order valence-corrected chi connectivity index (χ1v) is 6.48. The Morgan fingerprint density at radius 3 is 2.85 bits per heavy atom. The number of imidazole rings is 1. The minimum absolute atomic E-state index is 0.0959. The molecule has 0 aliphatic carbocycles. The number of hydrogen-bond donors (Lipinski definition) is 0. The summed E-state index contributed by atoms with van der Waals surface area (Å²) in [5.41, 5.74) is 0.377. The van der Waals surface area contributed by atoms with E-state index in [-0.39, 0.29) is 5.56 Å². The van der Waals surface area contributed by atoms with E-state index in [1.165, 1.54) is 6.33 Å². The van der Waals surface area contributed by atoms with Gasteiger partial charge in [0, 0.05) is 24.6 Å². The second-order valence-electron chi connectivity index (χ2n) is 4.90. The second-order valence-corrected chi connectivity index (χ2v) is 4.90. The maximum absolute atomic E-state index is 12.4. The predicted molar refractivity (Wildman–Crippen MR) is 75.5 cm³/mol. The number of fused-ring (bicyclic) bond motifs is 1. The van der Waals surface area contributed by atoms with E-state index in [0.29, 0.717) is 23.6 Å². The lowest BCUT2D eigenvalue weighted by Gasteiger charge is -2.12. The molecule has 3 rings (SSSR count). The van der Waals surface area contributed by atoms with Crippen molar-refractivity contribution in [2.24, 2.45) is 0 Å². The van der Waals surface area contributed by atoms with E-state index in [4.69, 9.17) is 0 Å². The predicted octanol–water partition coefficient (Wildman–Crippen LogP) is 1.62. The summed E-state index contributed by atoms with van der Waals surface area (Å²) >= 11 is 0. The molecule has 0 spiro atoms. The van der Waals surface area contributed by atoms with Gasteiger partial charge in [-0.1, -0.05) is 0 Å². The van der Waals surface area contributed by atoms with Crippen LogP contribution in [0.25, 0.3) is 11.0 Å². The molecule has 0 atom stereocenters. The van der Waals surface area contributed by atoms with E-state index in [1.54, 1.807) is 29.1 Å². The highest BCUT2D eigenvalue weighted by Gasteiger charge is 2.09. The topological polar surface area (TPSA) is 65.6 Å². The van der Waals surface area contributed by atoms with Crippen LogP contribution < -0.4 is 5.56 Å². The molecule has 0 saturated heterocycles. The molecule has 20 heavy (non-hydrogen) atoms. The Kier molecular flexibility index (Phi) is 3.06. The summed E-state index contributed by atoms with van der Waals surface area (Å²) in [6.45, 7) is 4.56. The van der Waals surface area contributed by atoms with Gasteiger partial charge in [0.15, 0.2) is 5.65 Å². The molecule has 0 amide bonds. The lowest BCUT2D eigenvalue weighted by molar-refractivity contribution is 0.548. The van der Waals surface area contributed by atoms with Crippen LogP contribution >= 0.6 is 0 Å². The molecular weight excluding hydrogens is 254 g/mol. The maximum atomic E-state index is 12.4. The fourth-order valence-corrected chi connectivity index (χ4v) is 2.20. The van der Waals surface area contributed by atoms with Gasteiger partial charge in [-0.25, -0.2) is 15.0 Å². The van der Waals surface area contributed by atoms with Crippen LogP contribution in [0.5, 0.6) is 0 Å². The smallest absolute Gasteiger partial charge is 0.263 e. The van der Waals surface area contributed by atoms with Crippen molar-refractivity contribution in [3.8, 4) is 0 Å². The molecule has 0 radical (unpaired) electrons. The van der Waals surface area contributed by atoms with E-state index in [0.717, 1.165) is 5.82 Å². The summed E-state index contributed by atoms with van der Waals surface area (Å²) in [5, 5.41) is 0.526. The van der Waals surface area contributed by atoms with Crippen molar-refractivity contribution in [1.29, 1.82) is 0 Å². The normalized spacial score (nSPS) is 11.3. The van der Waals surface area contributed by atoms with Crippen LogP contribution in [0.3, 0.4) is 0 Å². The van der Waals surface area contributed by atoms with Crippen LogP contribution in [0.4, 0.5) is 0 Å². The molecule has 3 aromatic rings. The SMILES string of the molecule is CC(C)n1ccnc1Cn1cnc2ncccc2c1=O. The van der Waals surface area contributed by atoms with Crippen molar-refractivity contribution in [2.45, 2.75) is 26.4 Å². The molecule has 0 bridgehead atoms. The van der Waals surface area contributed by atoms with E-state index in [9.17, 15) is 4.79 Å². The van der Waals surface area contributed by atoms with Gasteiger partial charge in [-0.15, -0.1) is 0 Å². The summed E-state index contributed by atoms with van der Waals surface area (Å²) in [5.74, 6) is 0.840. The zero-order valence-electron chi connectivity index (χ0n) is 11.4. The van der Waals surface area contributed by atoms with Crippen molar-refractivity contribution in [3.63, 3.8) is 0 Å². The van der Waals surface area contributed by atoms with E-state index in [1.807, 2.05) is 10.8 Å². The van der Waals surface area contributed by atoms with Gasteiger partial charge in [0.25, 0.3) is 5.56 Å². The molecule has 6 nitrogen and oxygen atoms in total. The number of hydrogen-bond acceptors (Lipinski definition) is 4. The van der Waals surface area contributed by atoms with Gasteiger partial charge in [0.05, 0.1) is 11.9 Å². The standard InChI is InChI=1S/C14H15N5O/c1-10(2)19-7-6-15-12(19)8-18-9-17-13-11(14(18)20)4-3-5-16-13/h3-7,9-10H,8H2,1-2H3. The first-order chi connectivity index (χ1) is 9.66. The lowest BCUT2D eigenvalue weighted by Crippen LogP contribution is -2.23. The molecule has 0 fully saturated rings. The number of aromatic nitrogens is 5. The summed E-state index contributed by atoms with van der Waals surface area (Å²) in [4.78, 5) is 25.0. The Bertz CT molecular complexity index is 802. The Morgan fingerprint density at radius 2 is 2.05 bits per heavy atom. The monoisotopic (exact) mass is 269 g/mol. The van der Waals surface area contributed by atoms with Crippen LogP contribution in [0.1, 0.15) is 25.7 Å². The summed E-state index contributed by atoms with van der Waals surface area (Å²) in [7, 11) is 0. The minimum Gasteiger partial charge on any atom is -0.331 e. The van der Waals surface area contributed by atoms with Gasteiger partial charge in [-0.05, 0) is 26.0 Å². The maximum Gasteiger partial charge on any atom is 0.263 e. The van der Waals surface area contributed by atoms with Crippen molar-refractivity contribution in [1.82, 2.24) is 24.1 Å². The zero-order valence-corrected chi connectivity index (χ0v) is 11.4. The quantitative estimate of drug-likeness (QED) is 0.724. The number of pyridine rings is 1. The van der Waals surface area contributed by atoms with Crippen LogP contribution in [0.15, 0.2) is 41.8 Å². The highest BCUT2D eigenvalue weighted by Crippen LogP contribution is 2.09. The second kappa shape index (κ2) is 4.88. The summed E-state index contributed by atoms with van der Waals surface area (Å²) in [6.07, 6.45) is 6.82. The lowest BCUT2D eigenvalue weighted by atomic mass is 10.3. The Morgan fingerprint density at radius 1 is 1.20 bits per heavy atom. The van der Waals surface area contributed by atoms with Gasteiger partial charge < -0.3 is 4.57 Å². The van der Waals surface area contributed by atoms with Gasteiger partial charge in [0.1, 0.15) is 12.2 Å². The fourth-order valence-electron chi connectivity index (χ4n) is 2.20. The molecular formula is C14H15N5O. The average molecular weight is 269 g/mol. The molecule has 0 N–H and O–H groups in total.